The highest BCUT2D eigenvalue weighted by atomic mass is 16.5. The van der Waals surface area contributed by atoms with Crippen molar-refractivity contribution in [2.75, 3.05) is 13.7 Å². The summed E-state index contributed by atoms with van der Waals surface area (Å²) in [7, 11) is 1.47. The van der Waals surface area contributed by atoms with Crippen LogP contribution in [-0.4, -0.2) is 24.3 Å². The average Bonchev–Trinajstić information content (AvgIpc) is 2.55. The molecule has 5 nitrogen and oxygen atoms in total. The Balaban J connectivity index is 2.12. The van der Waals surface area contributed by atoms with Crippen molar-refractivity contribution in [3.05, 3.63) is 64.1 Å². The second-order valence-corrected chi connectivity index (χ2v) is 4.84. The first-order valence-corrected chi connectivity index (χ1v) is 7.15. The van der Waals surface area contributed by atoms with Gasteiger partial charge in [-0.05, 0) is 36.2 Å². The molecule has 1 aromatic heterocycles. The zero-order valence-electron chi connectivity index (χ0n) is 12.7. The molecule has 116 valence electrons. The third-order valence-electron chi connectivity index (χ3n) is 3.19. The van der Waals surface area contributed by atoms with Gasteiger partial charge in [0.2, 0.25) is 0 Å². The van der Waals surface area contributed by atoms with Crippen molar-refractivity contribution < 1.29 is 14.3 Å². The molecule has 0 atom stereocenters. The third-order valence-corrected chi connectivity index (χ3v) is 3.19. The van der Waals surface area contributed by atoms with E-state index in [-0.39, 0.29) is 11.5 Å². The van der Waals surface area contributed by atoms with Gasteiger partial charge in [-0.3, -0.25) is 4.79 Å². The minimum atomic E-state index is -0.327. The zero-order chi connectivity index (χ0) is 15.9. The summed E-state index contributed by atoms with van der Waals surface area (Å²) < 4.78 is 11.6. The number of hydrogen-bond acceptors (Lipinski definition) is 4. The number of aromatic nitrogens is 1. The fraction of sp³-hybridized carbons (Fsp3) is 0.294. The van der Waals surface area contributed by atoms with Gasteiger partial charge in [0, 0.05) is 6.20 Å². The van der Waals surface area contributed by atoms with Gasteiger partial charge in [0.05, 0.1) is 25.8 Å². The molecule has 0 saturated heterocycles. The van der Waals surface area contributed by atoms with Gasteiger partial charge in [0.25, 0.3) is 5.56 Å². The summed E-state index contributed by atoms with van der Waals surface area (Å²) in [5.41, 5.74) is 1.24. The number of carbonyl (C=O) groups is 1. The van der Waals surface area contributed by atoms with Crippen LogP contribution in [-0.2, 0) is 11.3 Å². The maximum atomic E-state index is 12.1. The second-order valence-electron chi connectivity index (χ2n) is 4.84. The van der Waals surface area contributed by atoms with Crippen LogP contribution in [0.2, 0.25) is 0 Å². The number of benzene rings is 1. The molecule has 2 aromatic rings. The first-order valence-electron chi connectivity index (χ1n) is 7.15. The lowest BCUT2D eigenvalue weighted by Gasteiger charge is -2.08. The number of esters is 1. The Morgan fingerprint density at radius 2 is 1.91 bits per heavy atom. The van der Waals surface area contributed by atoms with Gasteiger partial charge in [-0.15, -0.1) is 0 Å². The normalized spacial score (nSPS) is 10.3. The summed E-state index contributed by atoms with van der Waals surface area (Å²) in [6.07, 6.45) is 2.50. The van der Waals surface area contributed by atoms with Crippen LogP contribution in [0.15, 0.2) is 47.4 Å². The van der Waals surface area contributed by atoms with Gasteiger partial charge in [-0.25, -0.2) is 4.79 Å². The van der Waals surface area contributed by atoms with Crippen molar-refractivity contribution in [3.8, 4) is 5.75 Å². The summed E-state index contributed by atoms with van der Waals surface area (Å²) in [6, 6.07) is 10.4. The molecule has 1 aromatic carbocycles. The molecule has 0 aliphatic rings. The van der Waals surface area contributed by atoms with E-state index in [1.54, 1.807) is 35.0 Å². The van der Waals surface area contributed by atoms with E-state index in [2.05, 4.69) is 0 Å². The zero-order valence-corrected chi connectivity index (χ0v) is 12.7. The van der Waals surface area contributed by atoms with Gasteiger partial charge >= 0.3 is 5.97 Å². The molecule has 1 heterocycles. The van der Waals surface area contributed by atoms with E-state index in [4.69, 9.17) is 9.47 Å². The van der Waals surface area contributed by atoms with E-state index in [1.807, 2.05) is 19.1 Å². The van der Waals surface area contributed by atoms with Crippen LogP contribution in [0.4, 0.5) is 0 Å². The molecule has 0 fully saturated rings. The smallest absolute Gasteiger partial charge is 0.338 e. The quantitative estimate of drug-likeness (QED) is 0.769. The molecule has 0 amide bonds. The molecular weight excluding hydrogens is 282 g/mol. The monoisotopic (exact) mass is 301 g/mol. The van der Waals surface area contributed by atoms with E-state index in [0.29, 0.717) is 24.5 Å². The van der Waals surface area contributed by atoms with Crippen molar-refractivity contribution in [1.82, 2.24) is 4.57 Å². The number of ether oxygens (including phenoxy) is 2. The fourth-order valence-electron chi connectivity index (χ4n) is 2.02. The number of pyridine rings is 1. The Hall–Kier alpha value is -2.56. The maximum Gasteiger partial charge on any atom is 0.338 e. The molecule has 0 N–H and O–H groups in total. The van der Waals surface area contributed by atoms with Gasteiger partial charge in [-0.1, -0.05) is 19.1 Å². The molecule has 22 heavy (non-hydrogen) atoms. The summed E-state index contributed by atoms with van der Waals surface area (Å²) in [4.78, 5) is 23.8. The first-order chi connectivity index (χ1) is 10.7. The lowest BCUT2D eigenvalue weighted by Crippen LogP contribution is -2.21. The highest BCUT2D eigenvalue weighted by Gasteiger charge is 2.07. The number of nitrogens with zero attached hydrogens (tertiary/aromatic N) is 1. The molecular formula is C17H19NO4. The summed E-state index contributed by atoms with van der Waals surface area (Å²) in [5, 5.41) is 0. The third kappa shape index (κ3) is 3.75. The molecule has 0 aliphatic heterocycles. The second kappa shape index (κ2) is 7.45. The molecule has 5 heteroatoms. The standard InChI is InChI=1S/C17H19NO4/c1-3-11-22-17(20)14-8-6-13(7-9-14)12-18-10-4-5-15(21-2)16(18)19/h4-10H,3,11-12H2,1-2H3. The Bertz CT molecular complexity index is 689. The van der Waals surface area contributed by atoms with Crippen molar-refractivity contribution in [2.45, 2.75) is 19.9 Å². The minimum Gasteiger partial charge on any atom is -0.491 e. The molecule has 0 radical (unpaired) electrons. The molecule has 2 rings (SSSR count). The lowest BCUT2D eigenvalue weighted by molar-refractivity contribution is 0.0505. The van der Waals surface area contributed by atoms with E-state index in [0.717, 1.165) is 12.0 Å². The van der Waals surface area contributed by atoms with Crippen LogP contribution in [0.3, 0.4) is 0 Å². The summed E-state index contributed by atoms with van der Waals surface area (Å²) in [5.74, 6) is -0.0192. The largest absolute Gasteiger partial charge is 0.491 e. The number of rotatable bonds is 6. The fourth-order valence-corrected chi connectivity index (χ4v) is 2.02. The van der Waals surface area contributed by atoms with Gasteiger partial charge in [0.1, 0.15) is 0 Å². The maximum absolute atomic E-state index is 12.1. The minimum absolute atomic E-state index is 0.184. The molecule has 0 unspecified atom stereocenters. The van der Waals surface area contributed by atoms with Crippen LogP contribution in [0, 0.1) is 0 Å². The Morgan fingerprint density at radius 1 is 1.18 bits per heavy atom. The first kappa shape index (κ1) is 15.8. The highest BCUT2D eigenvalue weighted by molar-refractivity contribution is 5.89. The predicted molar refractivity (Wildman–Crippen MR) is 83.4 cm³/mol. The van der Waals surface area contributed by atoms with Crippen LogP contribution >= 0.6 is 0 Å². The van der Waals surface area contributed by atoms with E-state index < -0.39 is 0 Å². The van der Waals surface area contributed by atoms with Crippen molar-refractivity contribution >= 4 is 5.97 Å². The SMILES string of the molecule is CCCOC(=O)c1ccc(Cn2cccc(OC)c2=O)cc1. The highest BCUT2D eigenvalue weighted by Crippen LogP contribution is 2.08. The van der Waals surface area contributed by atoms with Crippen LogP contribution in [0.5, 0.6) is 5.75 Å². The van der Waals surface area contributed by atoms with E-state index in [1.165, 1.54) is 7.11 Å². The molecule has 0 bridgehead atoms. The van der Waals surface area contributed by atoms with Crippen molar-refractivity contribution in [2.24, 2.45) is 0 Å². The van der Waals surface area contributed by atoms with Crippen LogP contribution in [0.1, 0.15) is 29.3 Å². The average molecular weight is 301 g/mol. The summed E-state index contributed by atoms with van der Waals surface area (Å²) >= 11 is 0. The summed E-state index contributed by atoms with van der Waals surface area (Å²) in [6.45, 7) is 2.78. The Labute approximate surface area is 129 Å². The van der Waals surface area contributed by atoms with Gasteiger partial charge in [0.15, 0.2) is 5.75 Å². The number of hydrogen-bond donors (Lipinski definition) is 0. The van der Waals surface area contributed by atoms with Gasteiger partial charge < -0.3 is 14.0 Å². The Kier molecular flexibility index (Phi) is 5.36. The van der Waals surface area contributed by atoms with Gasteiger partial charge in [-0.2, -0.15) is 0 Å². The number of carbonyl (C=O) groups excluding carboxylic acids is 1. The Morgan fingerprint density at radius 3 is 2.55 bits per heavy atom. The van der Waals surface area contributed by atoms with Crippen LogP contribution < -0.4 is 10.3 Å². The van der Waals surface area contributed by atoms with Crippen molar-refractivity contribution in [3.63, 3.8) is 0 Å². The number of methoxy groups -OCH3 is 1. The molecule has 0 aliphatic carbocycles. The van der Waals surface area contributed by atoms with Crippen LogP contribution in [0.25, 0.3) is 0 Å². The van der Waals surface area contributed by atoms with Crippen molar-refractivity contribution in [1.29, 1.82) is 0 Å². The topological polar surface area (TPSA) is 57.5 Å². The molecule has 0 saturated carbocycles. The predicted octanol–water partition coefficient (Wildman–Crippen LogP) is 2.47. The van der Waals surface area contributed by atoms with E-state index in [9.17, 15) is 9.59 Å². The molecule has 0 spiro atoms. The lowest BCUT2D eigenvalue weighted by atomic mass is 10.1. The van der Waals surface area contributed by atoms with E-state index >= 15 is 0 Å².